The number of amides is 1. The number of rotatable bonds is 12. The number of carboxylic acids is 1. The summed E-state index contributed by atoms with van der Waals surface area (Å²) >= 11 is 2.86. The van der Waals surface area contributed by atoms with Crippen LogP contribution >= 0.6 is 23.1 Å². The molecule has 0 unspecified atom stereocenters. The van der Waals surface area contributed by atoms with Crippen LogP contribution < -0.4 is 0 Å². The van der Waals surface area contributed by atoms with Crippen LogP contribution in [0.2, 0.25) is 0 Å². The van der Waals surface area contributed by atoms with Crippen LogP contribution in [0.15, 0.2) is 40.1 Å². The van der Waals surface area contributed by atoms with Crippen molar-refractivity contribution in [3.8, 4) is 0 Å². The van der Waals surface area contributed by atoms with Gasteiger partial charge in [-0.3, -0.25) is 9.69 Å². The number of carbonyl (C=O) groups is 2. The Kier molecular flexibility index (Phi) is 8.72. The first-order chi connectivity index (χ1) is 14.6. The van der Waals surface area contributed by atoms with E-state index in [0.717, 1.165) is 49.0 Å². The second kappa shape index (κ2) is 11.5. The first-order valence-electron chi connectivity index (χ1n) is 10.4. The molecule has 1 aliphatic rings. The summed E-state index contributed by atoms with van der Waals surface area (Å²) in [5.74, 6) is -0.0535. The molecule has 0 saturated carbocycles. The van der Waals surface area contributed by atoms with Gasteiger partial charge >= 0.3 is 5.97 Å². The van der Waals surface area contributed by atoms with E-state index >= 15 is 0 Å². The van der Waals surface area contributed by atoms with Gasteiger partial charge in [-0.2, -0.15) is 0 Å². The molecule has 8 heteroatoms. The summed E-state index contributed by atoms with van der Waals surface area (Å²) in [6, 6.07) is 10.7. The van der Waals surface area contributed by atoms with Crippen LogP contribution in [0, 0.1) is 0 Å². The lowest BCUT2D eigenvalue weighted by Gasteiger charge is -2.31. The van der Waals surface area contributed by atoms with Crippen LogP contribution in [0.5, 0.6) is 0 Å². The number of carboxylic acid groups (broad SMARTS) is 1. The first-order valence-corrected chi connectivity index (χ1v) is 12.3. The molecule has 162 valence electrons. The molecule has 0 aliphatic carbocycles. The molecular formula is C22H29N3O3S2. The topological polar surface area (TPSA) is 73.7 Å². The zero-order valence-electron chi connectivity index (χ0n) is 17.3. The van der Waals surface area contributed by atoms with Crippen molar-refractivity contribution in [2.24, 2.45) is 0 Å². The average Bonchev–Trinajstić information content (AvgIpc) is 3.35. The molecule has 0 radical (unpaired) electrons. The molecule has 6 nitrogen and oxygen atoms in total. The van der Waals surface area contributed by atoms with Gasteiger partial charge in [0.1, 0.15) is 0 Å². The third-order valence-corrected chi connectivity index (χ3v) is 7.26. The van der Waals surface area contributed by atoms with E-state index in [2.05, 4.69) is 41.1 Å². The average molecular weight is 448 g/mol. The Morgan fingerprint density at radius 3 is 2.87 bits per heavy atom. The van der Waals surface area contributed by atoms with Gasteiger partial charge in [-0.25, -0.2) is 9.78 Å². The highest BCUT2D eigenvalue weighted by atomic mass is 32.2. The van der Waals surface area contributed by atoms with Crippen molar-refractivity contribution in [2.75, 3.05) is 25.4 Å². The lowest BCUT2D eigenvalue weighted by molar-refractivity contribution is -0.128. The fourth-order valence-corrected chi connectivity index (χ4v) is 5.51. The van der Waals surface area contributed by atoms with Crippen molar-refractivity contribution >= 4 is 35.0 Å². The summed E-state index contributed by atoms with van der Waals surface area (Å²) in [5.41, 5.74) is 1.39. The van der Waals surface area contributed by atoms with Crippen molar-refractivity contribution in [3.05, 3.63) is 47.0 Å². The Morgan fingerprint density at radius 2 is 2.17 bits per heavy atom. The molecule has 3 rings (SSSR count). The summed E-state index contributed by atoms with van der Waals surface area (Å²) in [4.78, 5) is 32.1. The van der Waals surface area contributed by atoms with Gasteiger partial charge in [0, 0.05) is 43.2 Å². The highest BCUT2D eigenvalue weighted by Crippen LogP contribution is 2.25. The number of aromatic nitrogens is 1. The molecule has 0 bridgehead atoms. The number of nitrogens with zero attached hydrogens (tertiary/aromatic N) is 3. The fraction of sp³-hybridized carbons (Fsp3) is 0.500. The number of hydrogen-bond acceptors (Lipinski definition) is 6. The molecule has 1 amide bonds. The standard InChI is InChI=1S/C22H29N3O3S2/c1-2-3-11-24(14-17-7-5-4-6-8-17)15-18-9-10-20(26)25(18)12-13-29-22-23-19(16-30-22)21(27)28/h4-8,16,18H,2-3,9-15H2,1H3,(H,27,28)/t18-/m1/s1. The largest absolute Gasteiger partial charge is 0.476 e. The lowest BCUT2D eigenvalue weighted by Crippen LogP contribution is -2.43. The van der Waals surface area contributed by atoms with Crippen molar-refractivity contribution in [1.82, 2.24) is 14.8 Å². The molecule has 0 spiro atoms. The zero-order valence-corrected chi connectivity index (χ0v) is 19.0. The smallest absolute Gasteiger partial charge is 0.355 e. The summed E-state index contributed by atoms with van der Waals surface area (Å²) in [5, 5.41) is 10.6. The normalized spacial score (nSPS) is 16.5. The maximum Gasteiger partial charge on any atom is 0.355 e. The number of hydrogen-bond donors (Lipinski definition) is 1. The van der Waals surface area contributed by atoms with Gasteiger partial charge in [-0.15, -0.1) is 11.3 Å². The molecule has 1 aromatic carbocycles. The van der Waals surface area contributed by atoms with E-state index in [1.54, 1.807) is 5.38 Å². The van der Waals surface area contributed by atoms with E-state index in [1.165, 1.54) is 28.7 Å². The second-order valence-electron chi connectivity index (χ2n) is 7.51. The van der Waals surface area contributed by atoms with Gasteiger partial charge in [0.15, 0.2) is 10.0 Å². The predicted molar refractivity (Wildman–Crippen MR) is 121 cm³/mol. The molecule has 1 fully saturated rings. The number of carbonyl (C=O) groups excluding carboxylic acids is 1. The SMILES string of the molecule is CCCCN(Cc1ccccc1)C[C@H]1CCC(=O)N1CCSc1nc(C(=O)O)cs1. The number of aromatic carboxylic acids is 1. The number of thioether (sulfide) groups is 1. The Morgan fingerprint density at radius 1 is 1.37 bits per heavy atom. The fourth-order valence-electron chi connectivity index (χ4n) is 3.70. The Balaban J connectivity index is 1.55. The van der Waals surface area contributed by atoms with E-state index in [4.69, 9.17) is 5.11 Å². The molecule has 2 heterocycles. The third-order valence-electron chi connectivity index (χ3n) is 5.26. The van der Waals surface area contributed by atoms with Gasteiger partial charge in [0.2, 0.25) is 5.91 Å². The van der Waals surface area contributed by atoms with Crippen molar-refractivity contribution < 1.29 is 14.7 Å². The molecule has 2 aromatic rings. The van der Waals surface area contributed by atoms with Gasteiger partial charge in [-0.1, -0.05) is 55.4 Å². The van der Waals surface area contributed by atoms with Crippen molar-refractivity contribution in [2.45, 2.75) is 49.5 Å². The van der Waals surface area contributed by atoms with Crippen LogP contribution in [0.4, 0.5) is 0 Å². The summed E-state index contributed by atoms with van der Waals surface area (Å²) in [7, 11) is 0. The molecule has 30 heavy (non-hydrogen) atoms. The highest BCUT2D eigenvalue weighted by molar-refractivity contribution is 8.01. The van der Waals surface area contributed by atoms with Crippen LogP contribution in [-0.4, -0.2) is 63.2 Å². The first kappa shape index (κ1) is 22.8. The van der Waals surface area contributed by atoms with Gasteiger partial charge in [-0.05, 0) is 24.9 Å². The Bertz CT molecular complexity index is 828. The maximum absolute atomic E-state index is 12.5. The van der Waals surface area contributed by atoms with Crippen LogP contribution in [0.1, 0.15) is 48.7 Å². The minimum atomic E-state index is -1.00. The highest BCUT2D eigenvalue weighted by Gasteiger charge is 2.31. The monoisotopic (exact) mass is 447 g/mol. The molecule has 1 aromatic heterocycles. The number of likely N-dealkylation sites (tertiary alicyclic amines) is 1. The van der Waals surface area contributed by atoms with Crippen molar-refractivity contribution in [3.63, 3.8) is 0 Å². The van der Waals surface area contributed by atoms with Crippen molar-refractivity contribution in [1.29, 1.82) is 0 Å². The van der Waals surface area contributed by atoms with Crippen LogP contribution in [0.3, 0.4) is 0 Å². The van der Waals surface area contributed by atoms with Gasteiger partial charge in [0.25, 0.3) is 0 Å². The molecule has 1 aliphatic heterocycles. The Hall–Kier alpha value is -1.90. The molecule has 1 saturated heterocycles. The lowest BCUT2D eigenvalue weighted by atomic mass is 10.1. The number of thiazole rings is 1. The van der Waals surface area contributed by atoms with Gasteiger partial charge in [0.05, 0.1) is 0 Å². The zero-order chi connectivity index (χ0) is 21.3. The third kappa shape index (κ3) is 6.55. The second-order valence-corrected chi connectivity index (χ2v) is 9.71. The molecular weight excluding hydrogens is 418 g/mol. The van der Waals surface area contributed by atoms with E-state index in [0.29, 0.717) is 13.0 Å². The van der Waals surface area contributed by atoms with E-state index in [-0.39, 0.29) is 17.6 Å². The van der Waals surface area contributed by atoms with E-state index < -0.39 is 5.97 Å². The summed E-state index contributed by atoms with van der Waals surface area (Å²) in [6.45, 7) is 5.72. The molecule has 1 atom stereocenters. The molecule has 1 N–H and O–H groups in total. The maximum atomic E-state index is 12.5. The minimum absolute atomic E-state index is 0.0881. The number of benzene rings is 1. The van der Waals surface area contributed by atoms with Gasteiger partial charge < -0.3 is 10.0 Å². The van der Waals surface area contributed by atoms with Crippen LogP contribution in [0.25, 0.3) is 0 Å². The van der Waals surface area contributed by atoms with E-state index in [1.807, 2.05) is 11.0 Å². The predicted octanol–water partition coefficient (Wildman–Crippen LogP) is 4.23. The van der Waals surface area contributed by atoms with Crippen LogP contribution in [-0.2, 0) is 11.3 Å². The quantitative estimate of drug-likeness (QED) is 0.491. The minimum Gasteiger partial charge on any atom is -0.476 e. The van der Waals surface area contributed by atoms with E-state index in [9.17, 15) is 9.59 Å². The summed E-state index contributed by atoms with van der Waals surface area (Å²) < 4.78 is 0.740. The Labute approximate surface area is 186 Å². The number of unbranched alkanes of at least 4 members (excludes halogenated alkanes) is 1. The summed E-state index contributed by atoms with van der Waals surface area (Å²) in [6.07, 6.45) is 3.82.